The zero-order chi connectivity index (χ0) is 15.4. The summed E-state index contributed by atoms with van der Waals surface area (Å²) in [5.41, 5.74) is 0.211. The monoisotopic (exact) mass is 312 g/mol. The molecule has 0 aliphatic heterocycles. The molecule has 0 unspecified atom stereocenters. The molecule has 1 atom stereocenters. The summed E-state index contributed by atoms with van der Waals surface area (Å²) in [4.78, 5) is 12.0. The van der Waals surface area contributed by atoms with E-state index in [9.17, 15) is 13.6 Å². The topological polar surface area (TPSA) is 59.8 Å². The number of nitrogens with zero attached hydrogens (tertiary/aromatic N) is 3. The van der Waals surface area contributed by atoms with Gasteiger partial charge in [0.2, 0.25) is 5.91 Å². The summed E-state index contributed by atoms with van der Waals surface area (Å²) in [5.74, 6) is -2.28. The Kier molecular flexibility index (Phi) is 4.89. The van der Waals surface area contributed by atoms with Gasteiger partial charge in [-0.05, 0) is 26.0 Å². The van der Waals surface area contributed by atoms with Crippen LogP contribution in [0.5, 0.6) is 0 Å². The van der Waals surface area contributed by atoms with E-state index < -0.39 is 16.9 Å². The molecule has 0 radical (unpaired) electrons. The maximum Gasteiger partial charge on any atom is 0.237 e. The zero-order valence-electron chi connectivity index (χ0n) is 11.5. The maximum absolute atomic E-state index is 13.1. The van der Waals surface area contributed by atoms with Crippen molar-refractivity contribution in [2.75, 3.05) is 5.32 Å². The Morgan fingerprint density at radius 3 is 2.86 bits per heavy atom. The molecule has 0 saturated carbocycles. The Morgan fingerprint density at radius 2 is 2.19 bits per heavy atom. The molecule has 1 aromatic carbocycles. The molecule has 1 amide bonds. The van der Waals surface area contributed by atoms with Crippen LogP contribution in [0.3, 0.4) is 0 Å². The molecule has 112 valence electrons. The van der Waals surface area contributed by atoms with Gasteiger partial charge in [-0.3, -0.25) is 4.79 Å². The second-order valence-electron chi connectivity index (χ2n) is 4.28. The van der Waals surface area contributed by atoms with Crippen molar-refractivity contribution in [3.63, 3.8) is 0 Å². The first-order valence-corrected chi connectivity index (χ1v) is 7.19. The van der Waals surface area contributed by atoms with Crippen molar-refractivity contribution >= 4 is 23.4 Å². The predicted octanol–water partition coefficient (Wildman–Crippen LogP) is 2.70. The molecule has 0 aliphatic rings. The number of carbonyl (C=O) groups excluding carboxylic acids is 1. The highest BCUT2D eigenvalue weighted by molar-refractivity contribution is 8.00. The second kappa shape index (κ2) is 6.66. The van der Waals surface area contributed by atoms with E-state index in [4.69, 9.17) is 0 Å². The van der Waals surface area contributed by atoms with Crippen LogP contribution in [0.15, 0.2) is 29.7 Å². The van der Waals surface area contributed by atoms with Crippen molar-refractivity contribution in [3.05, 3.63) is 36.2 Å². The summed E-state index contributed by atoms with van der Waals surface area (Å²) >= 11 is 1.25. The predicted molar refractivity (Wildman–Crippen MR) is 76.0 cm³/mol. The lowest BCUT2D eigenvalue weighted by Crippen LogP contribution is -2.23. The molecule has 0 fully saturated rings. The van der Waals surface area contributed by atoms with Crippen molar-refractivity contribution in [2.45, 2.75) is 30.8 Å². The molecule has 0 aliphatic carbocycles. The number of amides is 1. The Balaban J connectivity index is 2.01. The van der Waals surface area contributed by atoms with Gasteiger partial charge in [-0.1, -0.05) is 11.8 Å². The van der Waals surface area contributed by atoms with Crippen LogP contribution in [0.25, 0.3) is 0 Å². The van der Waals surface area contributed by atoms with Gasteiger partial charge in [0.15, 0.2) is 16.8 Å². The van der Waals surface area contributed by atoms with Gasteiger partial charge in [0, 0.05) is 18.3 Å². The number of hydrogen-bond donors (Lipinski definition) is 1. The number of aryl methyl sites for hydroxylation is 1. The van der Waals surface area contributed by atoms with Crippen LogP contribution in [-0.4, -0.2) is 25.9 Å². The first-order valence-electron chi connectivity index (χ1n) is 6.31. The highest BCUT2D eigenvalue weighted by Gasteiger charge is 2.18. The summed E-state index contributed by atoms with van der Waals surface area (Å²) in [5, 5.41) is 10.4. The number of hydrogen-bond acceptors (Lipinski definition) is 4. The van der Waals surface area contributed by atoms with Crippen LogP contribution in [-0.2, 0) is 11.3 Å². The molecule has 0 spiro atoms. The number of carbonyl (C=O) groups is 1. The molecule has 21 heavy (non-hydrogen) atoms. The van der Waals surface area contributed by atoms with Crippen LogP contribution in [0.4, 0.5) is 14.5 Å². The SMILES string of the molecule is CCn1cnnc1S[C@@H](C)C(=O)Nc1ccc(F)c(F)c1. The van der Waals surface area contributed by atoms with Gasteiger partial charge in [0.1, 0.15) is 6.33 Å². The number of rotatable bonds is 5. The van der Waals surface area contributed by atoms with E-state index in [1.807, 2.05) is 11.5 Å². The Bertz CT molecular complexity index is 647. The fourth-order valence-corrected chi connectivity index (χ4v) is 2.47. The van der Waals surface area contributed by atoms with Gasteiger partial charge in [0.05, 0.1) is 5.25 Å². The van der Waals surface area contributed by atoms with E-state index in [1.165, 1.54) is 17.8 Å². The summed E-state index contributed by atoms with van der Waals surface area (Å²) in [6.45, 7) is 4.35. The summed E-state index contributed by atoms with van der Waals surface area (Å²) in [6.07, 6.45) is 1.59. The molecule has 1 heterocycles. The highest BCUT2D eigenvalue weighted by atomic mass is 32.2. The van der Waals surface area contributed by atoms with E-state index in [2.05, 4.69) is 15.5 Å². The number of aromatic nitrogens is 3. The van der Waals surface area contributed by atoms with Crippen molar-refractivity contribution in [1.82, 2.24) is 14.8 Å². The molecule has 8 heteroatoms. The van der Waals surface area contributed by atoms with Crippen LogP contribution in [0, 0.1) is 11.6 Å². The second-order valence-corrected chi connectivity index (χ2v) is 5.59. The number of benzene rings is 1. The van der Waals surface area contributed by atoms with Gasteiger partial charge in [-0.15, -0.1) is 10.2 Å². The zero-order valence-corrected chi connectivity index (χ0v) is 12.3. The molecule has 2 rings (SSSR count). The lowest BCUT2D eigenvalue weighted by molar-refractivity contribution is -0.115. The Morgan fingerprint density at radius 1 is 1.43 bits per heavy atom. The minimum atomic E-state index is -1.00. The van der Waals surface area contributed by atoms with Gasteiger partial charge >= 0.3 is 0 Å². The van der Waals surface area contributed by atoms with E-state index >= 15 is 0 Å². The Labute approximate surface area is 124 Å². The molecule has 5 nitrogen and oxygen atoms in total. The number of halogens is 2. The third kappa shape index (κ3) is 3.78. The van der Waals surface area contributed by atoms with Crippen molar-refractivity contribution in [1.29, 1.82) is 0 Å². The third-order valence-electron chi connectivity index (χ3n) is 2.76. The number of thioether (sulfide) groups is 1. The van der Waals surface area contributed by atoms with E-state index in [-0.39, 0.29) is 11.6 Å². The third-order valence-corrected chi connectivity index (χ3v) is 3.85. The van der Waals surface area contributed by atoms with Crippen LogP contribution >= 0.6 is 11.8 Å². The standard InChI is InChI=1S/C13H14F2N4OS/c1-3-19-7-16-18-13(19)21-8(2)12(20)17-9-4-5-10(14)11(15)6-9/h4-8H,3H2,1-2H3,(H,17,20)/t8-/m0/s1. The first-order chi connectivity index (χ1) is 10.0. The first kappa shape index (κ1) is 15.4. The Hall–Kier alpha value is -1.96. The average molecular weight is 312 g/mol. The number of anilines is 1. The smallest absolute Gasteiger partial charge is 0.237 e. The molecule has 2 aromatic rings. The summed E-state index contributed by atoms with van der Waals surface area (Å²) in [7, 11) is 0. The van der Waals surface area contributed by atoms with E-state index in [0.29, 0.717) is 11.7 Å². The lowest BCUT2D eigenvalue weighted by Gasteiger charge is -2.12. The lowest BCUT2D eigenvalue weighted by atomic mass is 10.3. The maximum atomic E-state index is 13.1. The fraction of sp³-hybridized carbons (Fsp3) is 0.308. The highest BCUT2D eigenvalue weighted by Crippen LogP contribution is 2.22. The van der Waals surface area contributed by atoms with Gasteiger partial charge in [-0.25, -0.2) is 8.78 Å². The van der Waals surface area contributed by atoms with Crippen molar-refractivity contribution in [2.24, 2.45) is 0 Å². The minimum Gasteiger partial charge on any atom is -0.325 e. The summed E-state index contributed by atoms with van der Waals surface area (Å²) < 4.78 is 27.7. The van der Waals surface area contributed by atoms with Crippen molar-refractivity contribution in [3.8, 4) is 0 Å². The van der Waals surface area contributed by atoms with Crippen molar-refractivity contribution < 1.29 is 13.6 Å². The molecular formula is C13H14F2N4OS. The molecule has 1 aromatic heterocycles. The molecule has 0 saturated heterocycles. The van der Waals surface area contributed by atoms with E-state index in [0.717, 1.165) is 12.1 Å². The van der Waals surface area contributed by atoms with Crippen LogP contribution in [0.1, 0.15) is 13.8 Å². The molecular weight excluding hydrogens is 298 g/mol. The fourth-order valence-electron chi connectivity index (χ4n) is 1.58. The molecule has 0 bridgehead atoms. The molecule has 1 N–H and O–H groups in total. The minimum absolute atomic E-state index is 0.211. The van der Waals surface area contributed by atoms with Crippen LogP contribution < -0.4 is 5.32 Å². The largest absolute Gasteiger partial charge is 0.325 e. The van der Waals surface area contributed by atoms with Gasteiger partial charge in [0.25, 0.3) is 0 Å². The summed E-state index contributed by atoms with van der Waals surface area (Å²) in [6, 6.07) is 3.22. The quantitative estimate of drug-likeness (QED) is 0.862. The van der Waals surface area contributed by atoms with E-state index in [1.54, 1.807) is 13.3 Å². The van der Waals surface area contributed by atoms with Gasteiger partial charge < -0.3 is 9.88 Å². The van der Waals surface area contributed by atoms with Crippen LogP contribution in [0.2, 0.25) is 0 Å². The normalized spacial score (nSPS) is 12.2. The number of nitrogens with one attached hydrogen (secondary N) is 1. The van der Waals surface area contributed by atoms with Gasteiger partial charge in [-0.2, -0.15) is 0 Å². The average Bonchev–Trinajstić information content (AvgIpc) is 2.90.